The lowest BCUT2D eigenvalue weighted by molar-refractivity contribution is -0.129. The topological polar surface area (TPSA) is 101 Å². The van der Waals surface area contributed by atoms with Gasteiger partial charge in [0.1, 0.15) is 33.5 Å². The van der Waals surface area contributed by atoms with Gasteiger partial charge < -0.3 is 14.4 Å². The molecule has 0 bridgehead atoms. The number of likely N-dealkylation sites (N-methyl/N-ethyl adjacent to an activating group) is 1. The first-order valence-corrected chi connectivity index (χ1v) is 15.5. The zero-order valence-corrected chi connectivity index (χ0v) is 25.6. The van der Waals surface area contributed by atoms with E-state index in [1.165, 1.54) is 40.0 Å². The molecule has 0 radical (unpaired) electrons. The molecule has 6 rings (SSSR count). The zero-order valence-electron chi connectivity index (χ0n) is 24.8. The van der Waals surface area contributed by atoms with Crippen LogP contribution in [0.4, 0.5) is 4.39 Å². The van der Waals surface area contributed by atoms with E-state index >= 15 is 0 Å². The number of fused-ring (bicyclic) bond motifs is 1. The summed E-state index contributed by atoms with van der Waals surface area (Å²) in [4.78, 5) is 43.5. The number of aromatic nitrogens is 4. The Hall–Kier alpha value is -3.77. The van der Waals surface area contributed by atoms with Gasteiger partial charge in [-0.15, -0.1) is 0 Å². The standard InChI is InChI=1S/C31H36FN5O5S/c1-18-6-9-21(10-7-18)42-25(22-16-20(32)8-11-24(22)41-4)17-35-30-26(19(2)29(43-30)36-14-5-13-33-36)28(39)37(31(35)40)23-12-15-34(3)27(23)38/h5,8,11,13-14,16,18,21,23,25H,6-7,9-10,12,15,17H2,1-4H3/t18?,21?,23-,25-/m0/s1. The number of ether oxygens (including phenoxy) is 2. The zero-order chi connectivity index (χ0) is 30.4. The minimum atomic E-state index is -0.906. The van der Waals surface area contributed by atoms with Crippen molar-refractivity contribution in [2.45, 2.75) is 70.7 Å². The predicted octanol–water partition coefficient (Wildman–Crippen LogP) is 4.61. The van der Waals surface area contributed by atoms with Crippen LogP contribution in [0.2, 0.25) is 0 Å². The Kier molecular flexibility index (Phi) is 7.99. The minimum absolute atomic E-state index is 0.00324. The van der Waals surface area contributed by atoms with Crippen LogP contribution in [-0.2, 0) is 16.1 Å². The Morgan fingerprint density at radius 3 is 2.56 bits per heavy atom. The summed E-state index contributed by atoms with van der Waals surface area (Å²) in [6.45, 7) is 4.49. The Bertz CT molecular complexity index is 1770. The first-order valence-electron chi connectivity index (χ1n) is 14.7. The second-order valence-corrected chi connectivity index (χ2v) is 12.7. The molecule has 4 heterocycles. The number of methoxy groups -OCH3 is 1. The molecule has 1 amide bonds. The van der Waals surface area contributed by atoms with Gasteiger partial charge in [-0.1, -0.05) is 18.3 Å². The monoisotopic (exact) mass is 609 g/mol. The van der Waals surface area contributed by atoms with Gasteiger partial charge in [-0.25, -0.2) is 18.4 Å². The lowest BCUT2D eigenvalue weighted by atomic mass is 9.88. The second kappa shape index (κ2) is 11.7. The van der Waals surface area contributed by atoms with Crippen LogP contribution in [0.5, 0.6) is 5.75 Å². The number of amides is 1. The number of carbonyl (C=O) groups is 1. The summed E-state index contributed by atoms with van der Waals surface area (Å²) in [6, 6.07) is 5.15. The SMILES string of the molecule is COc1ccc(F)cc1[C@H](Cn1c(=O)n([C@H]2CCN(C)C2=O)c(=O)c2c(C)c(-n3cccn3)sc21)OC1CCC(C)CC1. The van der Waals surface area contributed by atoms with E-state index < -0.39 is 29.2 Å². The van der Waals surface area contributed by atoms with Crippen molar-refractivity contribution in [2.24, 2.45) is 5.92 Å². The van der Waals surface area contributed by atoms with Gasteiger partial charge >= 0.3 is 5.69 Å². The molecule has 10 nitrogen and oxygen atoms in total. The van der Waals surface area contributed by atoms with Crippen molar-refractivity contribution < 1.29 is 18.7 Å². The molecule has 2 fully saturated rings. The van der Waals surface area contributed by atoms with E-state index in [1.54, 1.807) is 36.3 Å². The molecule has 43 heavy (non-hydrogen) atoms. The smallest absolute Gasteiger partial charge is 0.332 e. The highest BCUT2D eigenvalue weighted by Gasteiger charge is 2.36. The van der Waals surface area contributed by atoms with Crippen molar-refractivity contribution in [2.75, 3.05) is 20.7 Å². The van der Waals surface area contributed by atoms with Crippen LogP contribution in [0.15, 0.2) is 46.2 Å². The van der Waals surface area contributed by atoms with E-state index in [0.29, 0.717) is 51.0 Å². The number of hydrogen-bond acceptors (Lipinski definition) is 7. The van der Waals surface area contributed by atoms with Crippen molar-refractivity contribution in [1.82, 2.24) is 23.8 Å². The van der Waals surface area contributed by atoms with Crippen molar-refractivity contribution in [1.29, 1.82) is 0 Å². The van der Waals surface area contributed by atoms with Gasteiger partial charge in [-0.3, -0.25) is 14.2 Å². The maximum Gasteiger partial charge on any atom is 0.332 e. The third kappa shape index (κ3) is 5.31. The highest BCUT2D eigenvalue weighted by molar-refractivity contribution is 7.21. The van der Waals surface area contributed by atoms with Crippen LogP contribution in [0.1, 0.15) is 62.3 Å². The van der Waals surface area contributed by atoms with Crippen LogP contribution in [-0.4, -0.2) is 56.5 Å². The lowest BCUT2D eigenvalue weighted by Crippen LogP contribution is -2.45. The molecule has 1 aliphatic heterocycles. The van der Waals surface area contributed by atoms with Crippen LogP contribution in [0, 0.1) is 18.7 Å². The molecule has 12 heteroatoms. The van der Waals surface area contributed by atoms with Crippen LogP contribution in [0.3, 0.4) is 0 Å². The van der Waals surface area contributed by atoms with E-state index in [4.69, 9.17) is 9.47 Å². The fraction of sp³-hybridized carbons (Fsp3) is 0.484. The Labute approximate surface area is 252 Å². The molecular formula is C31H36FN5O5S. The third-order valence-corrected chi connectivity index (χ3v) is 10.2. The number of thiophene rings is 1. The number of carbonyl (C=O) groups excluding carboxylic acids is 1. The minimum Gasteiger partial charge on any atom is -0.496 e. The predicted molar refractivity (Wildman–Crippen MR) is 162 cm³/mol. The quantitative estimate of drug-likeness (QED) is 0.289. The van der Waals surface area contributed by atoms with Crippen molar-refractivity contribution in [3.63, 3.8) is 0 Å². The second-order valence-electron chi connectivity index (χ2n) is 11.7. The van der Waals surface area contributed by atoms with Crippen molar-refractivity contribution in [3.05, 3.63) is 74.4 Å². The van der Waals surface area contributed by atoms with Crippen molar-refractivity contribution >= 4 is 27.5 Å². The van der Waals surface area contributed by atoms with E-state index in [-0.39, 0.29) is 18.6 Å². The molecule has 4 aromatic rings. The summed E-state index contributed by atoms with van der Waals surface area (Å²) in [5, 5.41) is 5.41. The summed E-state index contributed by atoms with van der Waals surface area (Å²) in [5.41, 5.74) is 0.0491. The van der Waals surface area contributed by atoms with Crippen LogP contribution < -0.4 is 16.0 Å². The maximum absolute atomic E-state index is 14.7. The number of nitrogens with zero attached hydrogens (tertiary/aromatic N) is 5. The first-order chi connectivity index (χ1) is 20.7. The molecule has 1 saturated heterocycles. The van der Waals surface area contributed by atoms with E-state index in [9.17, 15) is 18.8 Å². The van der Waals surface area contributed by atoms with E-state index in [2.05, 4.69) is 12.0 Å². The molecule has 0 unspecified atom stereocenters. The molecule has 1 aromatic carbocycles. The Morgan fingerprint density at radius 1 is 1.14 bits per heavy atom. The van der Waals surface area contributed by atoms with Gasteiger partial charge in [-0.2, -0.15) is 5.10 Å². The van der Waals surface area contributed by atoms with Gasteiger partial charge in [0, 0.05) is 37.1 Å². The van der Waals surface area contributed by atoms with Gasteiger partial charge in [0.25, 0.3) is 5.56 Å². The average Bonchev–Trinajstić information content (AvgIpc) is 3.72. The molecule has 3 aromatic heterocycles. The lowest BCUT2D eigenvalue weighted by Gasteiger charge is -2.31. The molecule has 0 N–H and O–H groups in total. The molecule has 2 atom stereocenters. The number of benzene rings is 1. The summed E-state index contributed by atoms with van der Waals surface area (Å²) in [7, 11) is 3.18. The molecule has 1 aliphatic carbocycles. The number of hydrogen-bond donors (Lipinski definition) is 0. The van der Waals surface area contributed by atoms with E-state index in [0.717, 1.165) is 30.3 Å². The highest BCUT2D eigenvalue weighted by Crippen LogP contribution is 2.37. The number of aryl methyl sites for hydroxylation is 1. The maximum atomic E-state index is 14.7. The fourth-order valence-electron chi connectivity index (χ4n) is 6.37. The van der Waals surface area contributed by atoms with Crippen LogP contribution >= 0.6 is 11.3 Å². The van der Waals surface area contributed by atoms with Gasteiger partial charge in [0.05, 0.1) is 25.1 Å². The largest absolute Gasteiger partial charge is 0.496 e. The van der Waals surface area contributed by atoms with Gasteiger partial charge in [0.2, 0.25) is 5.91 Å². The number of likely N-dealkylation sites (tertiary alicyclic amines) is 1. The highest BCUT2D eigenvalue weighted by atomic mass is 32.1. The first kappa shape index (κ1) is 29.3. The molecule has 0 spiro atoms. The number of halogens is 1. The Balaban J connectivity index is 1.55. The fourth-order valence-corrected chi connectivity index (χ4v) is 7.62. The molecule has 2 aliphatic rings. The van der Waals surface area contributed by atoms with Gasteiger partial charge in [0.15, 0.2) is 0 Å². The molecular weight excluding hydrogens is 573 g/mol. The summed E-state index contributed by atoms with van der Waals surface area (Å²) in [5.74, 6) is 0.322. The van der Waals surface area contributed by atoms with Crippen LogP contribution in [0.25, 0.3) is 15.2 Å². The molecule has 228 valence electrons. The number of rotatable bonds is 8. The summed E-state index contributed by atoms with van der Waals surface area (Å²) >= 11 is 1.28. The Morgan fingerprint density at radius 2 is 1.91 bits per heavy atom. The van der Waals surface area contributed by atoms with Gasteiger partial charge in [-0.05, 0) is 69.2 Å². The normalized spacial score (nSPS) is 21.6. The summed E-state index contributed by atoms with van der Waals surface area (Å²) in [6.07, 6.45) is 6.67. The van der Waals surface area contributed by atoms with E-state index in [1.807, 2.05) is 6.92 Å². The summed E-state index contributed by atoms with van der Waals surface area (Å²) < 4.78 is 31.3. The van der Waals surface area contributed by atoms with Crippen molar-refractivity contribution in [3.8, 4) is 10.8 Å². The molecule has 1 saturated carbocycles. The average molecular weight is 610 g/mol. The third-order valence-electron chi connectivity index (χ3n) is 8.85.